The van der Waals surface area contributed by atoms with Crippen LogP contribution in [0.25, 0.3) is 0 Å². The number of benzene rings is 1. The van der Waals surface area contributed by atoms with Crippen LogP contribution in [0.1, 0.15) is 19.8 Å². The van der Waals surface area contributed by atoms with Gasteiger partial charge in [0.05, 0.1) is 0 Å². The first-order valence-corrected chi connectivity index (χ1v) is 10.9. The number of piperazine rings is 1. The predicted octanol–water partition coefficient (Wildman–Crippen LogP) is 2.80. The summed E-state index contributed by atoms with van der Waals surface area (Å²) in [6.07, 6.45) is 2.42. The molecule has 1 aromatic heterocycles. The number of urea groups is 1. The number of hydrogen-bond donors (Lipinski definition) is 1. The zero-order valence-electron chi connectivity index (χ0n) is 17.8. The van der Waals surface area contributed by atoms with Crippen LogP contribution in [0.5, 0.6) is 11.5 Å². The lowest BCUT2D eigenvalue weighted by Crippen LogP contribution is -2.50. The van der Waals surface area contributed by atoms with Crippen molar-refractivity contribution in [1.29, 1.82) is 0 Å². The highest BCUT2D eigenvalue weighted by molar-refractivity contribution is 5.90. The molecule has 9 heteroatoms. The summed E-state index contributed by atoms with van der Waals surface area (Å²) in [5, 5.41) is 11.9. The normalized spacial score (nSPS) is 18.9. The fraction of sp³-hybridized carbons (Fsp3) is 0.500. The second-order valence-electron chi connectivity index (χ2n) is 8.39. The van der Waals surface area contributed by atoms with Gasteiger partial charge in [0.25, 0.3) is 0 Å². The third kappa shape index (κ3) is 4.30. The zero-order valence-corrected chi connectivity index (χ0v) is 17.8. The van der Waals surface area contributed by atoms with Crippen LogP contribution in [0, 0.1) is 5.92 Å². The van der Waals surface area contributed by atoms with Crippen LogP contribution in [0.2, 0.25) is 0 Å². The van der Waals surface area contributed by atoms with Crippen LogP contribution >= 0.6 is 0 Å². The SMILES string of the molecule is CC1CCN(c2ccc(N3CCN(C(=O)Nc4ccc5c(c4)OCO5)CC3)nn2)CC1. The molecule has 2 saturated heterocycles. The number of nitrogens with zero attached hydrogens (tertiary/aromatic N) is 5. The fourth-order valence-corrected chi connectivity index (χ4v) is 4.21. The Morgan fingerprint density at radius 2 is 1.55 bits per heavy atom. The Morgan fingerprint density at radius 1 is 0.903 bits per heavy atom. The highest BCUT2D eigenvalue weighted by Gasteiger charge is 2.24. The summed E-state index contributed by atoms with van der Waals surface area (Å²) in [6.45, 7) is 7.33. The van der Waals surface area contributed by atoms with E-state index in [1.54, 1.807) is 6.07 Å². The van der Waals surface area contributed by atoms with Crippen molar-refractivity contribution in [3.8, 4) is 11.5 Å². The molecule has 5 rings (SSSR count). The van der Waals surface area contributed by atoms with Crippen LogP contribution in [0.4, 0.5) is 22.1 Å². The molecule has 0 radical (unpaired) electrons. The topological polar surface area (TPSA) is 83.1 Å². The standard InChI is InChI=1S/C22H28N6O3/c1-16-6-8-26(9-7-16)20-4-5-21(25-24-20)27-10-12-28(13-11-27)22(29)23-17-2-3-18-19(14-17)31-15-30-18/h2-5,14,16H,6-13,15H2,1H3,(H,23,29). The van der Waals surface area contributed by atoms with Gasteiger partial charge in [-0.2, -0.15) is 0 Å². The molecular formula is C22H28N6O3. The van der Waals surface area contributed by atoms with E-state index in [0.29, 0.717) is 30.3 Å². The molecule has 1 N–H and O–H groups in total. The molecule has 0 atom stereocenters. The summed E-state index contributed by atoms with van der Waals surface area (Å²) in [7, 11) is 0. The Morgan fingerprint density at radius 3 is 2.23 bits per heavy atom. The van der Waals surface area contributed by atoms with E-state index in [4.69, 9.17) is 9.47 Å². The molecule has 0 spiro atoms. The van der Waals surface area contributed by atoms with E-state index in [0.717, 1.165) is 43.7 Å². The van der Waals surface area contributed by atoms with Gasteiger partial charge in [0, 0.05) is 51.0 Å². The summed E-state index contributed by atoms with van der Waals surface area (Å²) >= 11 is 0. The number of hydrogen-bond acceptors (Lipinski definition) is 7. The number of carbonyl (C=O) groups is 1. The van der Waals surface area contributed by atoms with Crippen LogP contribution in [-0.2, 0) is 0 Å². The lowest BCUT2D eigenvalue weighted by Gasteiger charge is -2.35. The van der Waals surface area contributed by atoms with Crippen molar-refractivity contribution in [2.24, 2.45) is 5.92 Å². The Balaban J connectivity index is 1.13. The average Bonchev–Trinajstić information content (AvgIpc) is 3.28. The molecule has 164 valence electrons. The van der Waals surface area contributed by atoms with Gasteiger partial charge in [-0.3, -0.25) is 0 Å². The van der Waals surface area contributed by atoms with Gasteiger partial charge in [-0.1, -0.05) is 6.92 Å². The van der Waals surface area contributed by atoms with E-state index in [9.17, 15) is 4.79 Å². The third-order valence-corrected chi connectivity index (χ3v) is 6.26. The highest BCUT2D eigenvalue weighted by atomic mass is 16.7. The molecule has 4 heterocycles. The smallest absolute Gasteiger partial charge is 0.321 e. The van der Waals surface area contributed by atoms with Gasteiger partial charge in [-0.15, -0.1) is 10.2 Å². The van der Waals surface area contributed by atoms with Crippen molar-refractivity contribution >= 4 is 23.4 Å². The summed E-state index contributed by atoms with van der Waals surface area (Å²) in [5.74, 6) is 3.97. The molecular weight excluding hydrogens is 396 g/mol. The molecule has 31 heavy (non-hydrogen) atoms. The van der Waals surface area contributed by atoms with E-state index < -0.39 is 0 Å². The molecule has 2 fully saturated rings. The minimum atomic E-state index is -0.112. The molecule has 3 aliphatic heterocycles. The number of anilines is 3. The first kappa shape index (κ1) is 19.7. The molecule has 0 saturated carbocycles. The van der Waals surface area contributed by atoms with E-state index in [1.807, 2.05) is 23.1 Å². The lowest BCUT2D eigenvalue weighted by atomic mass is 9.99. The molecule has 1 aromatic carbocycles. The minimum Gasteiger partial charge on any atom is -0.454 e. The van der Waals surface area contributed by atoms with Crippen LogP contribution in [-0.4, -0.2) is 67.2 Å². The molecule has 2 aromatic rings. The average molecular weight is 425 g/mol. The van der Waals surface area contributed by atoms with Gasteiger partial charge >= 0.3 is 6.03 Å². The van der Waals surface area contributed by atoms with Crippen LogP contribution in [0.3, 0.4) is 0 Å². The van der Waals surface area contributed by atoms with E-state index in [1.165, 1.54) is 12.8 Å². The molecule has 2 amide bonds. The number of aromatic nitrogens is 2. The molecule has 0 unspecified atom stereocenters. The van der Waals surface area contributed by atoms with Gasteiger partial charge in [0.15, 0.2) is 23.1 Å². The van der Waals surface area contributed by atoms with Crippen molar-refractivity contribution in [3.63, 3.8) is 0 Å². The maximum Gasteiger partial charge on any atom is 0.321 e. The quantitative estimate of drug-likeness (QED) is 0.811. The minimum absolute atomic E-state index is 0.112. The largest absolute Gasteiger partial charge is 0.454 e. The van der Waals surface area contributed by atoms with Crippen LogP contribution < -0.4 is 24.6 Å². The van der Waals surface area contributed by atoms with Gasteiger partial charge in [0.2, 0.25) is 6.79 Å². The monoisotopic (exact) mass is 424 g/mol. The molecule has 0 bridgehead atoms. The number of fused-ring (bicyclic) bond motifs is 1. The highest BCUT2D eigenvalue weighted by Crippen LogP contribution is 2.34. The molecule has 9 nitrogen and oxygen atoms in total. The molecule has 3 aliphatic rings. The number of rotatable bonds is 3. The molecule has 0 aliphatic carbocycles. The number of nitrogens with one attached hydrogen (secondary N) is 1. The Kier molecular flexibility index (Phi) is 5.40. The second-order valence-corrected chi connectivity index (χ2v) is 8.39. The van der Waals surface area contributed by atoms with Crippen LogP contribution in [0.15, 0.2) is 30.3 Å². The number of piperidine rings is 1. The number of amides is 2. The lowest BCUT2D eigenvalue weighted by molar-refractivity contribution is 0.174. The van der Waals surface area contributed by atoms with Crippen molar-refractivity contribution in [3.05, 3.63) is 30.3 Å². The van der Waals surface area contributed by atoms with E-state index in [-0.39, 0.29) is 12.8 Å². The maximum absolute atomic E-state index is 12.6. The van der Waals surface area contributed by atoms with E-state index in [2.05, 4.69) is 38.3 Å². The number of carbonyl (C=O) groups excluding carboxylic acids is 1. The summed E-state index contributed by atoms with van der Waals surface area (Å²) in [5.41, 5.74) is 0.699. The van der Waals surface area contributed by atoms with E-state index >= 15 is 0 Å². The Hall–Kier alpha value is -3.23. The van der Waals surface area contributed by atoms with Gasteiger partial charge < -0.3 is 29.5 Å². The van der Waals surface area contributed by atoms with Gasteiger partial charge in [0.1, 0.15) is 0 Å². The van der Waals surface area contributed by atoms with Gasteiger partial charge in [-0.05, 0) is 43.0 Å². The second kappa shape index (κ2) is 8.49. The summed E-state index contributed by atoms with van der Waals surface area (Å²) in [4.78, 5) is 19.0. The van der Waals surface area contributed by atoms with Crippen molar-refractivity contribution in [2.45, 2.75) is 19.8 Å². The van der Waals surface area contributed by atoms with Gasteiger partial charge in [-0.25, -0.2) is 4.79 Å². The number of ether oxygens (including phenoxy) is 2. The van der Waals surface area contributed by atoms with Crippen molar-refractivity contribution in [1.82, 2.24) is 15.1 Å². The summed E-state index contributed by atoms with van der Waals surface area (Å²) in [6, 6.07) is 9.42. The first-order valence-electron chi connectivity index (χ1n) is 10.9. The van der Waals surface area contributed by atoms with Crippen molar-refractivity contribution in [2.75, 3.05) is 61.2 Å². The first-order chi connectivity index (χ1) is 15.2. The fourth-order valence-electron chi connectivity index (χ4n) is 4.21. The van der Waals surface area contributed by atoms with Crippen molar-refractivity contribution < 1.29 is 14.3 Å². The summed E-state index contributed by atoms with van der Waals surface area (Å²) < 4.78 is 10.7. The Bertz CT molecular complexity index is 921. The predicted molar refractivity (Wildman–Crippen MR) is 118 cm³/mol. The third-order valence-electron chi connectivity index (χ3n) is 6.26. The Labute approximate surface area is 181 Å². The zero-order chi connectivity index (χ0) is 21.2. The maximum atomic E-state index is 12.6.